The quantitative estimate of drug-likeness (QED) is 0.113. The van der Waals surface area contributed by atoms with Crippen LogP contribution >= 0.6 is 11.6 Å². The van der Waals surface area contributed by atoms with Crippen LogP contribution in [-0.2, 0) is 50.1 Å². The molecule has 6 rings (SSSR count). The Morgan fingerprint density at radius 2 is 0.894 bits per heavy atom. The van der Waals surface area contributed by atoms with Crippen LogP contribution in [0.25, 0.3) is 0 Å². The average molecular weight is 651 g/mol. The van der Waals surface area contributed by atoms with Crippen molar-refractivity contribution >= 4 is 11.6 Å². The molecule has 1 heterocycles. The van der Waals surface area contributed by atoms with Gasteiger partial charge >= 0.3 is 0 Å². The molecular weight excluding hydrogens is 612 g/mol. The van der Waals surface area contributed by atoms with Crippen LogP contribution in [-0.4, -0.2) is 37.3 Å². The molecule has 6 nitrogen and oxygen atoms in total. The fourth-order valence-electron chi connectivity index (χ4n) is 5.51. The molecular formula is C40H39ClO6. The lowest BCUT2D eigenvalue weighted by molar-refractivity contribution is -0.310. The highest BCUT2D eigenvalue weighted by Crippen LogP contribution is 2.34. The topological polar surface area (TPSA) is 55.4 Å². The standard InChI is InChI=1S/C40H39ClO6/c41-34-23-13-14-24-35(34)46-40-39(45-28-33-21-11-4-12-22-33)38(44-27-32-19-9-3-10-20-32)37(43-26-31-17-7-2-8-18-31)36(47-40)29-42-25-30-15-5-1-6-16-30/h1-24,36-40H,25-29H2/t36-,37-,38+,39-,40-/m1/s1. The molecule has 0 aromatic heterocycles. The fourth-order valence-corrected chi connectivity index (χ4v) is 5.69. The lowest BCUT2D eigenvalue weighted by Gasteiger charge is -2.45. The van der Waals surface area contributed by atoms with Gasteiger partial charge in [-0.05, 0) is 34.4 Å². The second kappa shape index (κ2) is 17.2. The van der Waals surface area contributed by atoms with E-state index in [1.165, 1.54) is 0 Å². The fraction of sp³-hybridized carbons (Fsp3) is 0.250. The number of hydrogen-bond acceptors (Lipinski definition) is 6. The maximum atomic E-state index is 6.77. The zero-order valence-electron chi connectivity index (χ0n) is 26.1. The first-order valence-corrected chi connectivity index (χ1v) is 16.3. The van der Waals surface area contributed by atoms with Crippen molar-refractivity contribution in [2.75, 3.05) is 6.61 Å². The largest absolute Gasteiger partial charge is 0.460 e. The monoisotopic (exact) mass is 650 g/mol. The minimum atomic E-state index is -0.874. The predicted octanol–water partition coefficient (Wildman–Crippen LogP) is 8.42. The lowest BCUT2D eigenvalue weighted by atomic mass is 9.97. The average Bonchev–Trinajstić information content (AvgIpc) is 3.12. The molecule has 242 valence electrons. The molecule has 5 atom stereocenters. The van der Waals surface area contributed by atoms with Crippen molar-refractivity contribution in [3.8, 4) is 5.75 Å². The second-order valence-electron chi connectivity index (χ2n) is 11.4. The molecule has 1 fully saturated rings. The first-order valence-electron chi connectivity index (χ1n) is 15.9. The van der Waals surface area contributed by atoms with Gasteiger partial charge in [-0.25, -0.2) is 0 Å². The summed E-state index contributed by atoms with van der Waals surface area (Å²) in [5.41, 5.74) is 4.15. The summed E-state index contributed by atoms with van der Waals surface area (Å²) in [6.07, 6.45) is -3.24. The Labute approximate surface area is 281 Å². The third kappa shape index (κ3) is 9.52. The Morgan fingerprint density at radius 3 is 1.40 bits per heavy atom. The van der Waals surface area contributed by atoms with Crippen molar-refractivity contribution in [1.29, 1.82) is 0 Å². The van der Waals surface area contributed by atoms with Gasteiger partial charge in [0.1, 0.15) is 30.2 Å². The Morgan fingerprint density at radius 1 is 0.468 bits per heavy atom. The smallest absolute Gasteiger partial charge is 0.229 e. The van der Waals surface area contributed by atoms with Gasteiger partial charge in [-0.15, -0.1) is 0 Å². The second-order valence-corrected chi connectivity index (χ2v) is 11.8. The van der Waals surface area contributed by atoms with Crippen LogP contribution in [0.3, 0.4) is 0 Å². The Bertz CT molecular complexity index is 1610. The third-order valence-corrected chi connectivity index (χ3v) is 8.23. The van der Waals surface area contributed by atoms with Gasteiger partial charge in [0.05, 0.1) is 38.1 Å². The number of ether oxygens (including phenoxy) is 6. The number of benzene rings is 5. The first kappa shape index (κ1) is 32.9. The van der Waals surface area contributed by atoms with E-state index in [0.29, 0.717) is 37.2 Å². The van der Waals surface area contributed by atoms with Gasteiger partial charge < -0.3 is 28.4 Å². The zero-order valence-corrected chi connectivity index (χ0v) is 26.9. The van der Waals surface area contributed by atoms with E-state index >= 15 is 0 Å². The molecule has 0 saturated carbocycles. The summed E-state index contributed by atoms with van der Waals surface area (Å²) < 4.78 is 39.6. The maximum absolute atomic E-state index is 6.77. The highest BCUT2D eigenvalue weighted by Gasteiger charge is 2.50. The summed E-state index contributed by atoms with van der Waals surface area (Å²) >= 11 is 6.57. The summed E-state index contributed by atoms with van der Waals surface area (Å²) in [4.78, 5) is 0. The molecule has 0 radical (unpaired) electrons. The molecule has 7 heteroatoms. The van der Waals surface area contributed by atoms with E-state index in [2.05, 4.69) is 0 Å². The number of halogens is 1. The van der Waals surface area contributed by atoms with Crippen LogP contribution in [0, 0.1) is 0 Å². The molecule has 1 aliphatic heterocycles. The molecule has 1 aliphatic rings. The summed E-state index contributed by atoms with van der Waals surface area (Å²) in [5.74, 6) is 0.488. The van der Waals surface area contributed by atoms with Gasteiger partial charge in [-0.2, -0.15) is 0 Å². The summed E-state index contributed by atoms with van der Waals surface area (Å²) in [6, 6.07) is 47.5. The van der Waals surface area contributed by atoms with Crippen molar-refractivity contribution in [1.82, 2.24) is 0 Å². The van der Waals surface area contributed by atoms with Crippen molar-refractivity contribution in [3.63, 3.8) is 0 Å². The van der Waals surface area contributed by atoms with Gasteiger partial charge in [-0.3, -0.25) is 0 Å². The summed E-state index contributed by atoms with van der Waals surface area (Å²) in [6.45, 7) is 1.69. The van der Waals surface area contributed by atoms with E-state index in [0.717, 1.165) is 22.3 Å². The molecule has 0 aliphatic carbocycles. The van der Waals surface area contributed by atoms with Gasteiger partial charge in [0.25, 0.3) is 0 Å². The van der Waals surface area contributed by atoms with E-state index in [9.17, 15) is 0 Å². The number of hydrogen-bond donors (Lipinski definition) is 0. The molecule has 1 saturated heterocycles. The van der Waals surface area contributed by atoms with Crippen molar-refractivity contribution in [2.24, 2.45) is 0 Å². The van der Waals surface area contributed by atoms with E-state index < -0.39 is 30.7 Å². The molecule has 0 spiro atoms. The van der Waals surface area contributed by atoms with Crippen molar-refractivity contribution in [3.05, 3.63) is 173 Å². The Hall–Kier alpha value is -4.01. The highest BCUT2D eigenvalue weighted by molar-refractivity contribution is 6.32. The van der Waals surface area contributed by atoms with Crippen LogP contribution in [0.1, 0.15) is 22.3 Å². The summed E-state index contributed by atoms with van der Waals surface area (Å²) in [5, 5.41) is 0.471. The van der Waals surface area contributed by atoms with E-state index in [1.807, 2.05) is 140 Å². The van der Waals surface area contributed by atoms with Crippen molar-refractivity contribution < 1.29 is 28.4 Å². The van der Waals surface area contributed by atoms with E-state index in [1.54, 1.807) is 6.07 Å². The van der Waals surface area contributed by atoms with E-state index in [-0.39, 0.29) is 6.61 Å². The maximum Gasteiger partial charge on any atom is 0.229 e. The van der Waals surface area contributed by atoms with Crippen LogP contribution in [0.2, 0.25) is 5.02 Å². The minimum Gasteiger partial charge on any atom is -0.460 e. The molecule has 5 aromatic carbocycles. The number of para-hydroxylation sites is 1. The molecule has 0 amide bonds. The molecule has 5 aromatic rings. The SMILES string of the molecule is Clc1ccccc1O[C@@H]1O[C@H](COCc2ccccc2)[C@@H](OCc2ccccc2)[C@H](OCc2ccccc2)[C@H]1OCc1ccccc1. The van der Waals surface area contributed by atoms with E-state index in [4.69, 9.17) is 40.0 Å². The zero-order chi connectivity index (χ0) is 32.1. The molecule has 0 unspecified atom stereocenters. The first-order chi connectivity index (χ1) is 23.2. The molecule has 0 bridgehead atoms. The van der Waals surface area contributed by atoms with Gasteiger partial charge in [0.2, 0.25) is 6.29 Å². The molecule has 0 N–H and O–H groups in total. The Kier molecular flexibility index (Phi) is 12.1. The minimum absolute atomic E-state index is 0.243. The Balaban J connectivity index is 1.32. The van der Waals surface area contributed by atoms with Gasteiger partial charge in [-0.1, -0.05) is 145 Å². The molecule has 47 heavy (non-hydrogen) atoms. The normalized spacial score (nSPS) is 20.9. The lowest BCUT2D eigenvalue weighted by Crippen LogP contribution is -2.62. The van der Waals surface area contributed by atoms with Gasteiger partial charge in [0.15, 0.2) is 0 Å². The predicted molar refractivity (Wildman–Crippen MR) is 182 cm³/mol. The van der Waals surface area contributed by atoms with Crippen LogP contribution in [0.5, 0.6) is 5.75 Å². The third-order valence-electron chi connectivity index (χ3n) is 7.92. The van der Waals surface area contributed by atoms with Crippen molar-refractivity contribution in [2.45, 2.75) is 57.1 Å². The van der Waals surface area contributed by atoms with Gasteiger partial charge in [0, 0.05) is 0 Å². The number of rotatable bonds is 15. The van der Waals surface area contributed by atoms with Crippen LogP contribution in [0.15, 0.2) is 146 Å². The highest BCUT2D eigenvalue weighted by atomic mass is 35.5. The van der Waals surface area contributed by atoms with Crippen LogP contribution in [0.4, 0.5) is 0 Å². The van der Waals surface area contributed by atoms with Crippen LogP contribution < -0.4 is 4.74 Å². The summed E-state index contributed by atoms with van der Waals surface area (Å²) in [7, 11) is 0.